The van der Waals surface area contributed by atoms with E-state index >= 15 is 0 Å². The predicted molar refractivity (Wildman–Crippen MR) is 76.7 cm³/mol. The molecule has 16 heavy (non-hydrogen) atoms. The number of hydrogen-bond acceptors (Lipinski definition) is 3. The van der Waals surface area contributed by atoms with Gasteiger partial charge >= 0.3 is 0 Å². The summed E-state index contributed by atoms with van der Waals surface area (Å²) in [5.74, 6) is 2.59. The number of thioether (sulfide) groups is 2. The summed E-state index contributed by atoms with van der Waals surface area (Å²) in [7, 11) is 0. The Morgan fingerprint density at radius 1 is 1.44 bits per heavy atom. The van der Waals surface area contributed by atoms with Gasteiger partial charge in [-0.05, 0) is 13.3 Å². The smallest absolute Gasteiger partial charge is 0.0949 e. The fourth-order valence-corrected chi connectivity index (χ4v) is 5.75. The van der Waals surface area contributed by atoms with Crippen LogP contribution in [-0.4, -0.2) is 25.1 Å². The Labute approximate surface area is 112 Å². The lowest BCUT2D eigenvalue weighted by Gasteiger charge is -2.34. The van der Waals surface area contributed by atoms with Gasteiger partial charge in [-0.2, -0.15) is 0 Å². The third-order valence-corrected chi connectivity index (χ3v) is 6.83. The lowest BCUT2D eigenvalue weighted by atomic mass is 10.1. The number of nitrogens with zero attached hydrogens (tertiary/aromatic N) is 2. The maximum atomic E-state index is 4.15. The highest BCUT2D eigenvalue weighted by Gasteiger charge is 2.40. The molecular weight excluding hydrogens is 260 g/mol. The summed E-state index contributed by atoms with van der Waals surface area (Å²) in [5, 5.41) is 0. The van der Waals surface area contributed by atoms with E-state index in [1.807, 2.05) is 12.5 Å². The van der Waals surface area contributed by atoms with Crippen molar-refractivity contribution in [2.45, 2.75) is 36.8 Å². The van der Waals surface area contributed by atoms with Crippen LogP contribution < -0.4 is 0 Å². The topological polar surface area (TPSA) is 17.8 Å². The van der Waals surface area contributed by atoms with Gasteiger partial charge < -0.3 is 4.57 Å². The normalized spacial score (nSPS) is 20.4. The molecule has 2 heterocycles. The quantitative estimate of drug-likeness (QED) is 0.833. The summed E-state index contributed by atoms with van der Waals surface area (Å²) in [4.78, 5) is 4.15. The molecule has 0 N–H and O–H groups in total. The highest BCUT2D eigenvalue weighted by Crippen LogP contribution is 2.53. The molecule has 1 unspecified atom stereocenters. The molecule has 2 nitrogen and oxygen atoms in total. The second kappa shape index (κ2) is 6.22. The molecule has 0 saturated carbocycles. The molecule has 1 saturated heterocycles. The first-order valence-corrected chi connectivity index (χ1v) is 7.51. The molecule has 1 fully saturated rings. The molecule has 92 valence electrons. The lowest BCUT2D eigenvalue weighted by molar-refractivity contribution is 0.472. The van der Waals surface area contributed by atoms with Crippen molar-refractivity contribution in [3.63, 3.8) is 0 Å². The third-order valence-electron chi connectivity index (χ3n) is 2.98. The van der Waals surface area contributed by atoms with E-state index in [-0.39, 0.29) is 12.4 Å². The molecule has 1 aliphatic heterocycles. The number of halogens is 1. The molecule has 1 aromatic rings. The van der Waals surface area contributed by atoms with E-state index in [4.69, 9.17) is 0 Å². The Balaban J connectivity index is 0.00000128. The maximum Gasteiger partial charge on any atom is 0.0949 e. The van der Waals surface area contributed by atoms with Crippen molar-refractivity contribution in [3.05, 3.63) is 18.7 Å². The zero-order valence-electron chi connectivity index (χ0n) is 9.76. The van der Waals surface area contributed by atoms with E-state index in [2.05, 4.69) is 53.1 Å². The number of aromatic nitrogens is 2. The van der Waals surface area contributed by atoms with Crippen LogP contribution in [0.25, 0.3) is 0 Å². The molecule has 1 atom stereocenters. The number of rotatable bonds is 4. The van der Waals surface area contributed by atoms with Gasteiger partial charge in [0.15, 0.2) is 0 Å². The second-order valence-corrected chi connectivity index (χ2v) is 7.05. The van der Waals surface area contributed by atoms with Crippen LogP contribution in [0.15, 0.2) is 18.7 Å². The minimum absolute atomic E-state index is 0. The largest absolute Gasteiger partial charge is 0.332 e. The lowest BCUT2D eigenvalue weighted by Crippen LogP contribution is -2.28. The fourth-order valence-electron chi connectivity index (χ4n) is 2.14. The first-order valence-electron chi connectivity index (χ1n) is 5.54. The first kappa shape index (κ1) is 14.3. The van der Waals surface area contributed by atoms with E-state index in [1.165, 1.54) is 24.3 Å². The standard InChI is InChI=1S/C11H18N2S2.ClH/c1-3-4-11(14-7-8-15-11)10(2)13-6-5-12-9-13;/h5-6,9-10H,3-4,7-8H2,1-2H3;1H. The van der Waals surface area contributed by atoms with E-state index in [1.54, 1.807) is 0 Å². The average Bonchev–Trinajstić information content (AvgIpc) is 2.88. The average molecular weight is 279 g/mol. The monoisotopic (exact) mass is 278 g/mol. The molecule has 0 radical (unpaired) electrons. The Bertz CT molecular complexity index is 297. The van der Waals surface area contributed by atoms with Gasteiger partial charge in [0.2, 0.25) is 0 Å². The molecule has 0 amide bonds. The van der Waals surface area contributed by atoms with Gasteiger partial charge in [-0.3, -0.25) is 0 Å². The van der Waals surface area contributed by atoms with Gasteiger partial charge in [0.1, 0.15) is 0 Å². The Morgan fingerprint density at radius 2 is 2.12 bits per heavy atom. The van der Waals surface area contributed by atoms with Crippen molar-refractivity contribution in [3.8, 4) is 0 Å². The first-order chi connectivity index (χ1) is 7.28. The summed E-state index contributed by atoms with van der Waals surface area (Å²) < 4.78 is 2.64. The summed E-state index contributed by atoms with van der Waals surface area (Å²) in [6.07, 6.45) is 8.46. The highest BCUT2D eigenvalue weighted by molar-refractivity contribution is 8.21. The minimum Gasteiger partial charge on any atom is -0.332 e. The van der Waals surface area contributed by atoms with Crippen LogP contribution in [0, 0.1) is 0 Å². The molecule has 0 bridgehead atoms. The Morgan fingerprint density at radius 3 is 2.62 bits per heavy atom. The Kier molecular flexibility index (Phi) is 5.54. The van der Waals surface area contributed by atoms with Crippen molar-refractivity contribution >= 4 is 35.9 Å². The molecule has 1 aromatic heterocycles. The van der Waals surface area contributed by atoms with Crippen LogP contribution in [0.5, 0.6) is 0 Å². The molecule has 2 rings (SSSR count). The van der Waals surface area contributed by atoms with E-state index < -0.39 is 0 Å². The SMILES string of the molecule is CCCC1(C(C)n2ccnc2)SCCS1.Cl. The zero-order chi connectivity index (χ0) is 10.7. The number of imidazole rings is 1. The fraction of sp³-hybridized carbons (Fsp3) is 0.727. The van der Waals surface area contributed by atoms with Gasteiger partial charge in [0, 0.05) is 23.9 Å². The predicted octanol–water partition coefficient (Wildman–Crippen LogP) is 3.84. The van der Waals surface area contributed by atoms with Crippen molar-refractivity contribution in [2.24, 2.45) is 0 Å². The Hall–Kier alpha value is 0.200. The van der Waals surface area contributed by atoms with Gasteiger partial charge in [0.25, 0.3) is 0 Å². The van der Waals surface area contributed by atoms with Gasteiger partial charge in [-0.1, -0.05) is 13.3 Å². The van der Waals surface area contributed by atoms with Gasteiger partial charge in [-0.25, -0.2) is 4.98 Å². The van der Waals surface area contributed by atoms with Crippen LogP contribution in [0.4, 0.5) is 0 Å². The summed E-state index contributed by atoms with van der Waals surface area (Å²) in [6, 6.07) is 0.539. The van der Waals surface area contributed by atoms with Crippen LogP contribution in [0.3, 0.4) is 0 Å². The zero-order valence-corrected chi connectivity index (χ0v) is 12.2. The molecule has 1 aliphatic rings. The van der Waals surface area contributed by atoms with E-state index in [0.717, 1.165) is 0 Å². The molecule has 5 heteroatoms. The summed E-state index contributed by atoms with van der Waals surface area (Å²) in [5.41, 5.74) is 0. The molecule has 0 aliphatic carbocycles. The number of hydrogen-bond donors (Lipinski definition) is 0. The van der Waals surface area contributed by atoms with Crippen molar-refractivity contribution in [1.82, 2.24) is 9.55 Å². The van der Waals surface area contributed by atoms with Crippen LogP contribution in [0.2, 0.25) is 0 Å². The molecule has 0 spiro atoms. The molecule has 0 aromatic carbocycles. The van der Waals surface area contributed by atoms with Crippen molar-refractivity contribution < 1.29 is 0 Å². The summed E-state index contributed by atoms with van der Waals surface area (Å²) in [6.45, 7) is 4.60. The van der Waals surface area contributed by atoms with Crippen LogP contribution in [0.1, 0.15) is 32.7 Å². The van der Waals surface area contributed by atoms with Crippen molar-refractivity contribution in [1.29, 1.82) is 0 Å². The van der Waals surface area contributed by atoms with Crippen LogP contribution >= 0.6 is 35.9 Å². The highest BCUT2D eigenvalue weighted by atomic mass is 35.5. The van der Waals surface area contributed by atoms with Crippen molar-refractivity contribution in [2.75, 3.05) is 11.5 Å². The summed E-state index contributed by atoms with van der Waals surface area (Å²) >= 11 is 4.27. The minimum atomic E-state index is 0. The van der Waals surface area contributed by atoms with E-state index in [0.29, 0.717) is 10.1 Å². The maximum absolute atomic E-state index is 4.15. The van der Waals surface area contributed by atoms with Crippen LogP contribution in [-0.2, 0) is 0 Å². The molecular formula is C11H19ClN2S2. The van der Waals surface area contributed by atoms with Gasteiger partial charge in [-0.15, -0.1) is 35.9 Å². The van der Waals surface area contributed by atoms with E-state index in [9.17, 15) is 0 Å². The van der Waals surface area contributed by atoms with Gasteiger partial charge in [0.05, 0.1) is 16.4 Å². The second-order valence-electron chi connectivity index (χ2n) is 3.94. The third kappa shape index (κ3) is 2.71.